The van der Waals surface area contributed by atoms with Crippen molar-refractivity contribution in [1.82, 2.24) is 4.90 Å². The van der Waals surface area contributed by atoms with Gasteiger partial charge in [0.05, 0.1) is 0 Å². The van der Waals surface area contributed by atoms with Gasteiger partial charge < -0.3 is 4.90 Å². The molecule has 1 fully saturated rings. The second kappa shape index (κ2) is 11.5. The molecular weight excluding hydrogens is 266 g/mol. The van der Waals surface area contributed by atoms with Crippen LogP contribution < -0.4 is 0 Å². The van der Waals surface area contributed by atoms with Crippen LogP contribution in [0.25, 0.3) is 0 Å². The summed E-state index contributed by atoms with van der Waals surface area (Å²) in [6.45, 7) is 4.18. The molecule has 1 atom stereocenters. The van der Waals surface area contributed by atoms with Gasteiger partial charge in [-0.3, -0.25) is 4.79 Å². The van der Waals surface area contributed by atoms with Crippen molar-refractivity contribution in [3.8, 4) is 0 Å². The molecule has 0 aromatic heterocycles. The van der Waals surface area contributed by atoms with E-state index in [0.29, 0.717) is 11.8 Å². The smallest absolute Gasteiger partial charge is 0.222 e. The molecule has 3 heteroatoms. The predicted octanol–water partition coefficient (Wildman–Crippen LogP) is 4.69. The molecule has 20 heavy (non-hydrogen) atoms. The molecule has 0 radical (unpaired) electrons. The van der Waals surface area contributed by atoms with Crippen molar-refractivity contribution in [3.05, 3.63) is 0 Å². The minimum absolute atomic E-state index is 0.347. The van der Waals surface area contributed by atoms with Crippen LogP contribution in [0.3, 0.4) is 0 Å². The van der Waals surface area contributed by atoms with Gasteiger partial charge >= 0.3 is 0 Å². The Morgan fingerprint density at radius 3 is 2.05 bits per heavy atom. The van der Waals surface area contributed by atoms with Gasteiger partial charge in [0.1, 0.15) is 0 Å². The number of carbonyl (C=O) groups excluding carboxylic acids is 1. The summed E-state index contributed by atoms with van der Waals surface area (Å²) in [5.41, 5.74) is 0. The zero-order valence-electron chi connectivity index (χ0n) is 13.3. The number of unbranched alkanes of at least 4 members (excludes halogenated alkanes) is 9. The Bertz CT molecular complexity index is 257. The summed E-state index contributed by atoms with van der Waals surface area (Å²) in [7, 11) is 0. The fraction of sp³-hybridized carbons (Fsp3) is 0.941. The molecule has 1 amide bonds. The standard InChI is InChI=1S/C17H33NOS/c1-2-3-4-5-6-7-8-9-10-11-12-18-14-16(15-20)13-17(18)19/h16,20H,2-15H2,1H3. The Kier molecular flexibility index (Phi) is 10.3. The van der Waals surface area contributed by atoms with Gasteiger partial charge in [0, 0.05) is 19.5 Å². The molecule has 1 heterocycles. The highest BCUT2D eigenvalue weighted by Gasteiger charge is 2.27. The van der Waals surface area contributed by atoms with E-state index < -0.39 is 0 Å². The predicted molar refractivity (Wildman–Crippen MR) is 90.4 cm³/mol. The minimum Gasteiger partial charge on any atom is -0.342 e. The van der Waals surface area contributed by atoms with Gasteiger partial charge in [-0.05, 0) is 18.1 Å². The first kappa shape index (κ1) is 17.9. The average molecular weight is 300 g/mol. The van der Waals surface area contributed by atoms with E-state index in [1.807, 2.05) is 4.90 Å². The molecule has 0 aromatic carbocycles. The maximum absolute atomic E-state index is 11.7. The van der Waals surface area contributed by atoms with Crippen molar-refractivity contribution in [1.29, 1.82) is 0 Å². The molecule has 0 spiro atoms. The topological polar surface area (TPSA) is 20.3 Å². The van der Waals surface area contributed by atoms with Crippen LogP contribution in [0.1, 0.15) is 77.6 Å². The summed E-state index contributed by atoms with van der Waals surface area (Å²) < 4.78 is 0. The Morgan fingerprint density at radius 2 is 1.55 bits per heavy atom. The molecule has 2 nitrogen and oxygen atoms in total. The van der Waals surface area contributed by atoms with Crippen molar-refractivity contribution in [2.75, 3.05) is 18.8 Å². The van der Waals surface area contributed by atoms with Crippen LogP contribution in [0.15, 0.2) is 0 Å². The molecule has 1 rings (SSSR count). The fourth-order valence-electron chi connectivity index (χ4n) is 2.98. The second-order valence-electron chi connectivity index (χ2n) is 6.27. The summed E-state index contributed by atoms with van der Waals surface area (Å²) >= 11 is 4.30. The van der Waals surface area contributed by atoms with Gasteiger partial charge in [0.15, 0.2) is 0 Å². The summed E-state index contributed by atoms with van der Waals surface area (Å²) in [4.78, 5) is 13.8. The number of rotatable bonds is 12. The molecule has 0 aliphatic carbocycles. The van der Waals surface area contributed by atoms with Gasteiger partial charge in [-0.25, -0.2) is 0 Å². The van der Waals surface area contributed by atoms with E-state index in [-0.39, 0.29) is 0 Å². The SMILES string of the molecule is CCCCCCCCCCCCN1CC(CS)CC1=O. The number of amides is 1. The number of carbonyl (C=O) groups is 1. The zero-order valence-corrected chi connectivity index (χ0v) is 14.2. The van der Waals surface area contributed by atoms with Crippen molar-refractivity contribution < 1.29 is 4.79 Å². The highest BCUT2D eigenvalue weighted by atomic mass is 32.1. The minimum atomic E-state index is 0.347. The first-order valence-corrected chi connectivity index (χ1v) is 9.29. The maximum atomic E-state index is 11.7. The van der Waals surface area contributed by atoms with Gasteiger partial charge in [0.25, 0.3) is 0 Å². The third-order valence-electron chi connectivity index (χ3n) is 4.33. The van der Waals surface area contributed by atoms with Crippen LogP contribution in [0, 0.1) is 5.92 Å². The number of nitrogens with zero attached hydrogens (tertiary/aromatic N) is 1. The summed E-state index contributed by atoms with van der Waals surface area (Å²) in [6.07, 6.45) is 14.3. The highest BCUT2D eigenvalue weighted by molar-refractivity contribution is 7.80. The van der Waals surface area contributed by atoms with E-state index in [1.54, 1.807) is 0 Å². The fourth-order valence-corrected chi connectivity index (χ4v) is 3.23. The highest BCUT2D eigenvalue weighted by Crippen LogP contribution is 2.19. The third kappa shape index (κ3) is 7.56. The Morgan fingerprint density at radius 1 is 1.00 bits per heavy atom. The molecule has 1 aliphatic rings. The molecular formula is C17H33NOS. The zero-order chi connectivity index (χ0) is 14.6. The van der Waals surface area contributed by atoms with Crippen LogP contribution in [0.2, 0.25) is 0 Å². The molecule has 0 bridgehead atoms. The van der Waals surface area contributed by atoms with E-state index in [1.165, 1.54) is 64.2 Å². The van der Waals surface area contributed by atoms with Crippen LogP contribution in [0.4, 0.5) is 0 Å². The number of likely N-dealkylation sites (tertiary alicyclic amines) is 1. The molecule has 118 valence electrons. The maximum Gasteiger partial charge on any atom is 0.222 e. The van der Waals surface area contributed by atoms with Gasteiger partial charge in [-0.2, -0.15) is 12.6 Å². The van der Waals surface area contributed by atoms with Gasteiger partial charge in [-0.15, -0.1) is 0 Å². The normalized spacial score (nSPS) is 19.0. The van der Waals surface area contributed by atoms with Crippen molar-refractivity contribution in [3.63, 3.8) is 0 Å². The lowest BCUT2D eigenvalue weighted by Gasteiger charge is -2.16. The first-order valence-electron chi connectivity index (χ1n) is 8.66. The lowest BCUT2D eigenvalue weighted by Crippen LogP contribution is -2.26. The molecule has 1 saturated heterocycles. The van der Waals surface area contributed by atoms with Crippen LogP contribution >= 0.6 is 12.6 Å². The summed E-state index contributed by atoms with van der Waals surface area (Å²) in [5, 5.41) is 0. The quantitative estimate of drug-likeness (QED) is 0.409. The van der Waals surface area contributed by atoms with E-state index in [2.05, 4.69) is 19.6 Å². The second-order valence-corrected chi connectivity index (χ2v) is 6.64. The molecule has 0 N–H and O–H groups in total. The lowest BCUT2D eigenvalue weighted by molar-refractivity contribution is -0.127. The summed E-state index contributed by atoms with van der Waals surface area (Å²) in [5.74, 6) is 1.69. The molecule has 1 aliphatic heterocycles. The Hall–Kier alpha value is -0.180. The third-order valence-corrected chi connectivity index (χ3v) is 4.85. The average Bonchev–Trinajstić information content (AvgIpc) is 2.81. The van der Waals surface area contributed by atoms with E-state index >= 15 is 0 Å². The number of hydrogen-bond donors (Lipinski definition) is 1. The molecule has 0 saturated carbocycles. The van der Waals surface area contributed by atoms with Crippen LogP contribution in [-0.2, 0) is 4.79 Å². The van der Waals surface area contributed by atoms with E-state index in [0.717, 1.165) is 25.3 Å². The number of thiol groups is 1. The van der Waals surface area contributed by atoms with Crippen molar-refractivity contribution in [2.45, 2.75) is 77.6 Å². The lowest BCUT2D eigenvalue weighted by atomic mass is 10.1. The molecule has 0 aromatic rings. The van der Waals surface area contributed by atoms with Gasteiger partial charge in [-0.1, -0.05) is 64.7 Å². The van der Waals surface area contributed by atoms with Crippen LogP contribution in [0.5, 0.6) is 0 Å². The van der Waals surface area contributed by atoms with Crippen molar-refractivity contribution in [2.24, 2.45) is 5.92 Å². The van der Waals surface area contributed by atoms with Gasteiger partial charge in [0.2, 0.25) is 5.91 Å². The van der Waals surface area contributed by atoms with E-state index in [4.69, 9.17) is 0 Å². The first-order chi connectivity index (χ1) is 9.77. The van der Waals surface area contributed by atoms with E-state index in [9.17, 15) is 4.79 Å². The molecule has 1 unspecified atom stereocenters. The Labute approximate surface area is 131 Å². The Balaban J connectivity index is 1.86. The monoisotopic (exact) mass is 299 g/mol. The van der Waals surface area contributed by atoms with Crippen molar-refractivity contribution >= 4 is 18.5 Å². The largest absolute Gasteiger partial charge is 0.342 e. The number of hydrogen-bond acceptors (Lipinski definition) is 2. The van der Waals surface area contributed by atoms with Crippen LogP contribution in [-0.4, -0.2) is 29.6 Å². The summed E-state index contributed by atoms with van der Waals surface area (Å²) in [6, 6.07) is 0.